The lowest BCUT2D eigenvalue weighted by Gasteiger charge is -2.25. The summed E-state index contributed by atoms with van der Waals surface area (Å²) in [6.07, 6.45) is 0. The van der Waals surface area contributed by atoms with Crippen LogP contribution in [0.25, 0.3) is 5.76 Å². The number of aliphatic hydroxyl groups is 1. The molecule has 0 aliphatic carbocycles. The predicted molar refractivity (Wildman–Crippen MR) is 121 cm³/mol. The second-order valence-electron chi connectivity index (χ2n) is 7.28. The molecule has 0 spiro atoms. The van der Waals surface area contributed by atoms with Crippen LogP contribution in [0.4, 0.5) is 11.4 Å². The standard InChI is InChI=1S/C24H17ClN2O5/c1-14-11-12-16(13-18(14)25)26-21(17-9-5-6-10-19(17)27(31)32)20(23(29)24(26)30)22(28)15-7-3-2-4-8-15/h2-13,21,28H,1H3/b22-20+/t21-/m1/s1. The van der Waals surface area contributed by atoms with Crippen LogP contribution in [0.5, 0.6) is 0 Å². The van der Waals surface area contributed by atoms with E-state index in [4.69, 9.17) is 11.6 Å². The van der Waals surface area contributed by atoms with Crippen molar-refractivity contribution in [1.29, 1.82) is 0 Å². The number of carbonyl (C=O) groups excluding carboxylic acids is 2. The van der Waals surface area contributed by atoms with Crippen molar-refractivity contribution in [2.45, 2.75) is 13.0 Å². The number of para-hydroxylation sites is 1. The van der Waals surface area contributed by atoms with Crippen LogP contribution < -0.4 is 4.90 Å². The molecule has 7 nitrogen and oxygen atoms in total. The van der Waals surface area contributed by atoms with Gasteiger partial charge in [-0.3, -0.25) is 24.6 Å². The van der Waals surface area contributed by atoms with Gasteiger partial charge in [-0.15, -0.1) is 0 Å². The molecule has 8 heteroatoms. The first-order chi connectivity index (χ1) is 15.3. The highest BCUT2D eigenvalue weighted by atomic mass is 35.5. The van der Waals surface area contributed by atoms with Crippen LogP contribution in [-0.4, -0.2) is 21.7 Å². The van der Waals surface area contributed by atoms with Crippen molar-refractivity contribution in [3.05, 3.63) is 110 Å². The van der Waals surface area contributed by atoms with Gasteiger partial charge in [0.1, 0.15) is 11.8 Å². The van der Waals surface area contributed by atoms with E-state index in [1.54, 1.807) is 55.5 Å². The Kier molecular flexibility index (Phi) is 5.50. The maximum Gasteiger partial charge on any atom is 0.300 e. The Bertz CT molecular complexity index is 1290. The molecule has 0 saturated carbocycles. The highest BCUT2D eigenvalue weighted by molar-refractivity contribution is 6.52. The van der Waals surface area contributed by atoms with Gasteiger partial charge >= 0.3 is 0 Å². The number of nitrogens with zero attached hydrogens (tertiary/aromatic N) is 2. The van der Waals surface area contributed by atoms with Gasteiger partial charge in [-0.1, -0.05) is 60.1 Å². The number of nitro groups is 1. The van der Waals surface area contributed by atoms with E-state index < -0.39 is 28.4 Å². The summed E-state index contributed by atoms with van der Waals surface area (Å²) in [5.41, 5.74) is 0.965. The second kappa shape index (κ2) is 8.28. The van der Waals surface area contributed by atoms with E-state index in [2.05, 4.69) is 0 Å². The molecule has 3 aromatic rings. The van der Waals surface area contributed by atoms with E-state index >= 15 is 0 Å². The van der Waals surface area contributed by atoms with Gasteiger partial charge in [-0.2, -0.15) is 0 Å². The molecule has 1 saturated heterocycles. The van der Waals surface area contributed by atoms with E-state index in [9.17, 15) is 24.8 Å². The average Bonchev–Trinajstić information content (AvgIpc) is 3.06. The lowest BCUT2D eigenvalue weighted by atomic mass is 9.94. The molecule has 1 heterocycles. The van der Waals surface area contributed by atoms with Crippen molar-refractivity contribution >= 4 is 40.4 Å². The summed E-state index contributed by atoms with van der Waals surface area (Å²) in [6, 6.07) is 17.7. The zero-order valence-corrected chi connectivity index (χ0v) is 17.6. The number of amides is 1. The monoisotopic (exact) mass is 448 g/mol. The Labute approximate surface area is 188 Å². The minimum Gasteiger partial charge on any atom is -0.507 e. The summed E-state index contributed by atoms with van der Waals surface area (Å²) in [7, 11) is 0. The topological polar surface area (TPSA) is 101 Å². The maximum absolute atomic E-state index is 13.1. The maximum atomic E-state index is 13.1. The first kappa shape index (κ1) is 21.3. The first-order valence-electron chi connectivity index (χ1n) is 9.67. The molecule has 1 atom stereocenters. The van der Waals surface area contributed by atoms with Crippen LogP contribution in [0, 0.1) is 17.0 Å². The summed E-state index contributed by atoms with van der Waals surface area (Å²) in [4.78, 5) is 38.5. The van der Waals surface area contributed by atoms with Crippen molar-refractivity contribution < 1.29 is 19.6 Å². The van der Waals surface area contributed by atoms with Gasteiger partial charge < -0.3 is 5.11 Å². The summed E-state index contributed by atoms with van der Waals surface area (Å²) < 4.78 is 0. The summed E-state index contributed by atoms with van der Waals surface area (Å²) in [6.45, 7) is 1.79. The van der Waals surface area contributed by atoms with E-state index in [-0.39, 0.29) is 22.5 Å². The molecule has 1 amide bonds. The Balaban J connectivity index is 2.02. The number of rotatable bonds is 4. The molecule has 1 aliphatic rings. The minimum atomic E-state index is -1.21. The summed E-state index contributed by atoms with van der Waals surface area (Å²) >= 11 is 6.25. The Morgan fingerprint density at radius 3 is 2.34 bits per heavy atom. The molecule has 0 bridgehead atoms. The number of benzene rings is 3. The van der Waals surface area contributed by atoms with Gasteiger partial charge in [0.05, 0.1) is 16.1 Å². The van der Waals surface area contributed by atoms with E-state index in [0.717, 1.165) is 10.5 Å². The molecular weight excluding hydrogens is 432 g/mol. The van der Waals surface area contributed by atoms with Gasteiger partial charge in [0, 0.05) is 22.3 Å². The summed E-state index contributed by atoms with van der Waals surface area (Å²) in [5, 5.41) is 23.1. The molecule has 0 radical (unpaired) electrons. The van der Waals surface area contributed by atoms with E-state index in [1.165, 1.54) is 24.3 Å². The first-order valence-corrected chi connectivity index (χ1v) is 10.0. The van der Waals surface area contributed by atoms with Crippen LogP contribution in [0.15, 0.2) is 78.4 Å². The molecule has 1 aliphatic heterocycles. The number of Topliss-reactive ketones (excluding diaryl/α,β-unsaturated/α-hetero) is 1. The number of aryl methyl sites for hydroxylation is 1. The number of hydrogen-bond acceptors (Lipinski definition) is 5. The lowest BCUT2D eigenvalue weighted by molar-refractivity contribution is -0.385. The fraction of sp³-hybridized carbons (Fsp3) is 0.0833. The predicted octanol–water partition coefficient (Wildman–Crippen LogP) is 5.18. The molecule has 32 heavy (non-hydrogen) atoms. The minimum absolute atomic E-state index is 0.103. The van der Waals surface area contributed by atoms with Crippen LogP contribution >= 0.6 is 11.6 Å². The third-order valence-electron chi connectivity index (χ3n) is 5.35. The van der Waals surface area contributed by atoms with Gasteiger partial charge in [0.2, 0.25) is 0 Å². The summed E-state index contributed by atoms with van der Waals surface area (Å²) in [5.74, 6) is -2.26. The number of carbonyl (C=O) groups is 2. The lowest BCUT2D eigenvalue weighted by Crippen LogP contribution is -2.29. The molecule has 0 aromatic heterocycles. The Hall–Kier alpha value is -3.97. The van der Waals surface area contributed by atoms with Crippen molar-refractivity contribution in [3.8, 4) is 0 Å². The van der Waals surface area contributed by atoms with E-state index in [0.29, 0.717) is 10.6 Å². The molecule has 0 unspecified atom stereocenters. The highest BCUT2D eigenvalue weighted by Crippen LogP contribution is 2.45. The number of nitro benzene ring substituents is 1. The smallest absolute Gasteiger partial charge is 0.300 e. The van der Waals surface area contributed by atoms with Gasteiger partial charge in [0.15, 0.2) is 0 Å². The Morgan fingerprint density at radius 2 is 1.69 bits per heavy atom. The quantitative estimate of drug-likeness (QED) is 0.195. The van der Waals surface area contributed by atoms with Crippen molar-refractivity contribution in [2.75, 3.05) is 4.90 Å². The SMILES string of the molecule is Cc1ccc(N2C(=O)C(=O)/C(=C(/O)c3ccccc3)[C@H]2c2ccccc2[N+](=O)[O-])cc1Cl. The molecule has 4 rings (SSSR count). The molecule has 1 fully saturated rings. The number of ketones is 1. The second-order valence-corrected chi connectivity index (χ2v) is 7.69. The Morgan fingerprint density at radius 1 is 1.03 bits per heavy atom. The third kappa shape index (κ3) is 3.52. The van der Waals surface area contributed by atoms with Crippen LogP contribution in [0.1, 0.15) is 22.7 Å². The van der Waals surface area contributed by atoms with Crippen molar-refractivity contribution in [2.24, 2.45) is 0 Å². The molecule has 3 aromatic carbocycles. The van der Waals surface area contributed by atoms with Crippen molar-refractivity contribution in [3.63, 3.8) is 0 Å². The van der Waals surface area contributed by atoms with Crippen LogP contribution in [0.2, 0.25) is 5.02 Å². The van der Waals surface area contributed by atoms with Crippen LogP contribution in [0.3, 0.4) is 0 Å². The zero-order chi connectivity index (χ0) is 23.0. The van der Waals surface area contributed by atoms with Crippen molar-refractivity contribution in [1.82, 2.24) is 0 Å². The number of hydrogen-bond donors (Lipinski definition) is 1. The normalized spacial score (nSPS) is 17.6. The largest absolute Gasteiger partial charge is 0.507 e. The third-order valence-corrected chi connectivity index (χ3v) is 5.76. The van der Waals surface area contributed by atoms with Gasteiger partial charge in [0.25, 0.3) is 17.4 Å². The fourth-order valence-electron chi connectivity index (χ4n) is 3.76. The molecule has 1 N–H and O–H groups in total. The fourth-order valence-corrected chi connectivity index (χ4v) is 3.94. The van der Waals surface area contributed by atoms with E-state index in [1.807, 2.05) is 0 Å². The highest BCUT2D eigenvalue weighted by Gasteiger charge is 2.49. The molecule has 160 valence electrons. The van der Waals surface area contributed by atoms with Crippen LogP contribution in [-0.2, 0) is 9.59 Å². The number of halogens is 1. The average molecular weight is 449 g/mol. The number of aliphatic hydroxyl groups excluding tert-OH is 1. The van der Waals surface area contributed by atoms with Gasteiger partial charge in [-0.05, 0) is 30.7 Å². The van der Waals surface area contributed by atoms with Gasteiger partial charge in [-0.25, -0.2) is 0 Å². The zero-order valence-electron chi connectivity index (χ0n) is 16.9. The number of anilines is 1. The molecular formula is C24H17ClN2O5.